The van der Waals surface area contributed by atoms with Gasteiger partial charge >= 0.3 is 5.91 Å². The molecule has 6 heteroatoms. The number of carbonyl (C=O) groups excluding carboxylic acids is 1. The van der Waals surface area contributed by atoms with E-state index in [1.807, 2.05) is 36.4 Å². The lowest BCUT2D eigenvalue weighted by Crippen LogP contribution is -2.57. The Balaban J connectivity index is 1.38. The van der Waals surface area contributed by atoms with Crippen LogP contribution < -0.4 is 23.4 Å². The third-order valence-electron chi connectivity index (χ3n) is 8.43. The first-order valence-electron chi connectivity index (χ1n) is 13.3. The average Bonchev–Trinajstić information content (AvgIpc) is 3.63. The number of rotatable bonds is 6. The highest BCUT2D eigenvalue weighted by molar-refractivity contribution is 6.08. The molecule has 6 nitrogen and oxygen atoms in total. The molecule has 7 rings (SSSR count). The van der Waals surface area contributed by atoms with E-state index in [1.54, 1.807) is 7.11 Å². The zero-order chi connectivity index (χ0) is 26.6. The van der Waals surface area contributed by atoms with Crippen LogP contribution in [0.5, 0.6) is 23.0 Å². The van der Waals surface area contributed by atoms with Gasteiger partial charge in [-0.2, -0.15) is 0 Å². The number of fused-ring (bicyclic) bond motifs is 5. The van der Waals surface area contributed by atoms with E-state index in [2.05, 4.69) is 55.5 Å². The van der Waals surface area contributed by atoms with Gasteiger partial charge < -0.3 is 18.9 Å². The molecule has 196 valence electrons. The molecule has 2 atom stereocenters. The Morgan fingerprint density at radius 1 is 0.821 bits per heavy atom. The van der Waals surface area contributed by atoms with E-state index >= 15 is 4.79 Å². The van der Waals surface area contributed by atoms with Gasteiger partial charge in [0.05, 0.1) is 13.7 Å². The molecule has 0 aromatic heterocycles. The quantitative estimate of drug-likeness (QED) is 0.305. The molecule has 0 saturated heterocycles. The number of benzene rings is 4. The van der Waals surface area contributed by atoms with Crippen LogP contribution >= 0.6 is 0 Å². The van der Waals surface area contributed by atoms with Crippen molar-refractivity contribution in [3.63, 3.8) is 0 Å². The Kier molecular flexibility index (Phi) is 5.42. The summed E-state index contributed by atoms with van der Waals surface area (Å²) in [5, 5.41) is 0. The predicted molar refractivity (Wildman–Crippen MR) is 149 cm³/mol. The zero-order valence-corrected chi connectivity index (χ0v) is 22.1. The molecule has 0 radical (unpaired) electrons. The second-order valence-electron chi connectivity index (χ2n) is 10.7. The highest BCUT2D eigenvalue weighted by Crippen LogP contribution is 2.57. The van der Waals surface area contributed by atoms with Gasteiger partial charge in [0, 0.05) is 29.2 Å². The van der Waals surface area contributed by atoms with Crippen LogP contribution in [0.3, 0.4) is 0 Å². The number of carbonyl (C=O) groups is 1. The second kappa shape index (κ2) is 8.89. The maximum Gasteiger partial charge on any atom is 0.338 e. The van der Waals surface area contributed by atoms with Crippen molar-refractivity contribution >= 4 is 11.6 Å². The van der Waals surface area contributed by atoms with Gasteiger partial charge in [0.25, 0.3) is 0 Å². The molecule has 0 N–H and O–H groups in total. The van der Waals surface area contributed by atoms with Crippen molar-refractivity contribution in [1.82, 2.24) is 4.48 Å². The van der Waals surface area contributed by atoms with Crippen LogP contribution in [0.1, 0.15) is 27.8 Å². The monoisotopic (exact) mass is 520 g/mol. The van der Waals surface area contributed by atoms with Crippen molar-refractivity contribution in [1.29, 1.82) is 0 Å². The first-order valence-corrected chi connectivity index (χ1v) is 13.3. The Morgan fingerprint density at radius 2 is 1.62 bits per heavy atom. The summed E-state index contributed by atoms with van der Waals surface area (Å²) in [6.45, 7) is 3.71. The SMILES string of the molecule is COc1ccc(CC[N+]2(Cc3cccc(C)c3)C(=O)C3(COc4cc5c(cc43)OCO5)c3ccccc32)cc1. The van der Waals surface area contributed by atoms with Gasteiger partial charge in [0.1, 0.15) is 30.3 Å². The van der Waals surface area contributed by atoms with Gasteiger partial charge in [-0.3, -0.25) is 0 Å². The highest BCUT2D eigenvalue weighted by Gasteiger charge is 2.66. The Hall–Kier alpha value is -4.29. The number of methoxy groups -OCH3 is 1. The third-order valence-corrected chi connectivity index (χ3v) is 8.43. The number of hydrogen-bond donors (Lipinski definition) is 0. The molecule has 3 heterocycles. The Morgan fingerprint density at radius 3 is 2.41 bits per heavy atom. The standard InChI is InChI=1S/C33H30NO5/c1-22-6-5-7-24(16-22)19-34(15-14-23-10-12-25(36-2)13-11-23)28-9-4-3-8-26(28)33(32(34)35)20-37-29-18-31-30(17-27(29)33)38-21-39-31/h3-13,16-18H,14-15,19-21H2,1-2H3/q+1. The minimum absolute atomic E-state index is 0.135. The van der Waals surface area contributed by atoms with Crippen LogP contribution in [-0.2, 0) is 23.2 Å². The number of para-hydroxylation sites is 1. The molecule has 1 amide bonds. The molecule has 0 fully saturated rings. The second-order valence-corrected chi connectivity index (χ2v) is 10.7. The van der Waals surface area contributed by atoms with Crippen molar-refractivity contribution in [3.8, 4) is 23.0 Å². The van der Waals surface area contributed by atoms with E-state index in [-0.39, 0.29) is 23.8 Å². The van der Waals surface area contributed by atoms with Crippen molar-refractivity contribution < 1.29 is 23.7 Å². The minimum atomic E-state index is -0.920. The first kappa shape index (κ1) is 23.8. The van der Waals surface area contributed by atoms with Crippen LogP contribution in [0.4, 0.5) is 5.69 Å². The molecule has 1 spiro atoms. The largest absolute Gasteiger partial charge is 0.497 e. The van der Waals surface area contributed by atoms with E-state index in [0.717, 1.165) is 40.1 Å². The molecule has 0 bridgehead atoms. The summed E-state index contributed by atoms with van der Waals surface area (Å²) in [4.78, 5) is 15.2. The van der Waals surface area contributed by atoms with Gasteiger partial charge in [0.2, 0.25) is 6.79 Å². The first-order chi connectivity index (χ1) is 19.0. The third kappa shape index (κ3) is 3.55. The van der Waals surface area contributed by atoms with Crippen LogP contribution in [0.15, 0.2) is 84.9 Å². The molecule has 3 aliphatic heterocycles. The maximum atomic E-state index is 15.2. The van der Waals surface area contributed by atoms with Crippen LogP contribution in [-0.4, -0.2) is 33.0 Å². The summed E-state index contributed by atoms with van der Waals surface area (Å²) in [5.41, 5.74) is 5.46. The highest BCUT2D eigenvalue weighted by atomic mass is 16.7. The Bertz CT molecular complexity index is 1600. The molecule has 4 aromatic carbocycles. The van der Waals surface area contributed by atoms with Crippen molar-refractivity contribution in [2.24, 2.45) is 0 Å². The smallest absolute Gasteiger partial charge is 0.338 e. The predicted octanol–water partition coefficient (Wildman–Crippen LogP) is 5.70. The van der Waals surface area contributed by atoms with Crippen LogP contribution in [0.2, 0.25) is 0 Å². The summed E-state index contributed by atoms with van der Waals surface area (Å²) >= 11 is 0. The van der Waals surface area contributed by atoms with Gasteiger partial charge in [-0.05, 0) is 36.8 Å². The van der Waals surface area contributed by atoms with E-state index in [0.29, 0.717) is 30.3 Å². The molecular formula is C33H30NO5+. The maximum absolute atomic E-state index is 15.2. The van der Waals surface area contributed by atoms with Gasteiger partial charge in [-0.15, -0.1) is 0 Å². The van der Waals surface area contributed by atoms with Crippen molar-refractivity contribution in [2.75, 3.05) is 27.1 Å². The van der Waals surface area contributed by atoms with E-state index in [4.69, 9.17) is 18.9 Å². The number of amides is 1. The van der Waals surface area contributed by atoms with Crippen molar-refractivity contribution in [2.45, 2.75) is 25.3 Å². The lowest BCUT2D eigenvalue weighted by Gasteiger charge is -2.34. The molecule has 3 aliphatic rings. The fraction of sp³-hybridized carbons (Fsp3) is 0.242. The van der Waals surface area contributed by atoms with Gasteiger partial charge in [0.15, 0.2) is 16.9 Å². The molecule has 2 unspecified atom stereocenters. The summed E-state index contributed by atoms with van der Waals surface area (Å²) < 4.78 is 23.2. The summed E-state index contributed by atoms with van der Waals surface area (Å²) in [6.07, 6.45) is 0.737. The number of ether oxygens (including phenoxy) is 4. The lowest BCUT2D eigenvalue weighted by molar-refractivity contribution is -0.134. The fourth-order valence-corrected chi connectivity index (χ4v) is 6.53. The summed E-state index contributed by atoms with van der Waals surface area (Å²) in [6, 6.07) is 28.7. The van der Waals surface area contributed by atoms with E-state index in [9.17, 15) is 0 Å². The minimum Gasteiger partial charge on any atom is -0.497 e. The normalized spacial score (nSPS) is 22.1. The fourth-order valence-electron chi connectivity index (χ4n) is 6.53. The number of nitrogens with zero attached hydrogens (tertiary/aromatic N) is 1. The van der Waals surface area contributed by atoms with E-state index < -0.39 is 5.41 Å². The molecule has 39 heavy (non-hydrogen) atoms. The van der Waals surface area contributed by atoms with Crippen LogP contribution in [0, 0.1) is 6.92 Å². The number of aryl methyl sites for hydroxylation is 1. The topological polar surface area (TPSA) is 54.0 Å². The number of hydrogen-bond acceptors (Lipinski definition) is 5. The van der Waals surface area contributed by atoms with Gasteiger partial charge in [-0.1, -0.05) is 60.2 Å². The Labute approximate surface area is 227 Å². The van der Waals surface area contributed by atoms with Gasteiger partial charge in [-0.25, -0.2) is 9.28 Å². The van der Waals surface area contributed by atoms with E-state index in [1.165, 1.54) is 5.56 Å². The molecule has 0 aliphatic carbocycles. The molecule has 4 aromatic rings. The van der Waals surface area contributed by atoms with Crippen LogP contribution in [0.25, 0.3) is 0 Å². The number of quaternary nitrogens is 1. The molecule has 0 saturated carbocycles. The summed E-state index contributed by atoms with van der Waals surface area (Å²) in [7, 11) is 1.67. The molecular weight excluding hydrogens is 490 g/mol. The average molecular weight is 521 g/mol. The zero-order valence-electron chi connectivity index (χ0n) is 22.1. The summed E-state index contributed by atoms with van der Waals surface area (Å²) in [5.74, 6) is 2.96. The van der Waals surface area contributed by atoms with Crippen molar-refractivity contribution in [3.05, 3.63) is 113 Å². The lowest BCUT2D eigenvalue weighted by atomic mass is 9.77.